The summed E-state index contributed by atoms with van der Waals surface area (Å²) in [6.07, 6.45) is -0.985. The maximum Gasteiger partial charge on any atom is 0.416 e. The fourth-order valence-electron chi connectivity index (χ4n) is 5.44. The maximum absolute atomic E-state index is 14.1. The normalized spacial score (nSPS) is 20.6. The number of pyridine rings is 1. The lowest BCUT2D eigenvalue weighted by Crippen LogP contribution is -2.44. The summed E-state index contributed by atoms with van der Waals surface area (Å²) in [6, 6.07) is 6.90. The number of aromatic carboxylic acids is 1. The molecule has 238 valence electrons. The van der Waals surface area contributed by atoms with Gasteiger partial charge in [-0.1, -0.05) is 0 Å². The van der Waals surface area contributed by atoms with Crippen LogP contribution in [0.1, 0.15) is 53.9 Å². The number of hydrogen-bond donors (Lipinski definition) is 1. The summed E-state index contributed by atoms with van der Waals surface area (Å²) in [5.74, 6) is -1.29. The molecule has 0 amide bonds. The van der Waals surface area contributed by atoms with Crippen molar-refractivity contribution in [1.29, 1.82) is 0 Å². The SMILES string of the molecule is C[C@H]1C[C@@H](Oc2ccnc(COc3ccc(C(F)(F)F)cc3F)n2)CCN1Cc1nc2ccc(C(=O)O)nc2n1C[C@@H]1CCO1. The number of piperidine rings is 1. The topological polar surface area (TPSA) is 125 Å². The Labute approximate surface area is 254 Å². The van der Waals surface area contributed by atoms with Gasteiger partial charge in [-0.05, 0) is 56.5 Å². The molecule has 0 saturated carbocycles. The van der Waals surface area contributed by atoms with Gasteiger partial charge in [0, 0.05) is 31.5 Å². The largest absolute Gasteiger partial charge is 0.483 e. The van der Waals surface area contributed by atoms with Crippen molar-refractivity contribution in [3.63, 3.8) is 0 Å². The molecule has 0 unspecified atom stereocenters. The van der Waals surface area contributed by atoms with Crippen molar-refractivity contribution in [3.05, 3.63) is 71.3 Å². The minimum atomic E-state index is -4.66. The van der Waals surface area contributed by atoms with Crippen LogP contribution >= 0.6 is 0 Å². The molecule has 45 heavy (non-hydrogen) atoms. The van der Waals surface area contributed by atoms with Crippen molar-refractivity contribution in [2.24, 2.45) is 0 Å². The number of benzene rings is 1. The zero-order valence-electron chi connectivity index (χ0n) is 24.2. The Morgan fingerprint density at radius 1 is 1.13 bits per heavy atom. The second-order valence-electron chi connectivity index (χ2n) is 11.1. The van der Waals surface area contributed by atoms with Crippen molar-refractivity contribution in [2.75, 3.05) is 13.2 Å². The number of carboxylic acids is 1. The maximum atomic E-state index is 14.1. The van der Waals surface area contributed by atoms with Gasteiger partial charge < -0.3 is 23.9 Å². The lowest BCUT2D eigenvalue weighted by atomic mass is 10.0. The van der Waals surface area contributed by atoms with E-state index in [0.29, 0.717) is 62.2 Å². The van der Waals surface area contributed by atoms with Crippen LogP contribution in [0.5, 0.6) is 11.6 Å². The average Bonchev–Trinajstić information content (AvgIpc) is 3.31. The van der Waals surface area contributed by atoms with Crippen LogP contribution in [0.4, 0.5) is 17.6 Å². The number of carbonyl (C=O) groups is 1. The lowest BCUT2D eigenvalue weighted by molar-refractivity contribution is -0.137. The number of carboxylic acid groups (broad SMARTS) is 1. The molecule has 0 bridgehead atoms. The summed E-state index contributed by atoms with van der Waals surface area (Å²) in [4.78, 5) is 31.4. The third-order valence-corrected chi connectivity index (χ3v) is 7.96. The van der Waals surface area contributed by atoms with Gasteiger partial charge in [0.2, 0.25) is 5.88 Å². The molecule has 2 fully saturated rings. The zero-order chi connectivity index (χ0) is 31.7. The van der Waals surface area contributed by atoms with Crippen LogP contribution in [0, 0.1) is 5.82 Å². The van der Waals surface area contributed by atoms with Crippen molar-refractivity contribution < 1.29 is 41.7 Å². The van der Waals surface area contributed by atoms with Crippen LogP contribution in [-0.2, 0) is 30.6 Å². The van der Waals surface area contributed by atoms with Crippen LogP contribution in [0.3, 0.4) is 0 Å². The molecular formula is C30H30F4N6O5. The fourth-order valence-corrected chi connectivity index (χ4v) is 5.44. The minimum Gasteiger partial charge on any atom is -0.483 e. The van der Waals surface area contributed by atoms with E-state index in [2.05, 4.69) is 26.8 Å². The van der Waals surface area contributed by atoms with E-state index in [1.165, 1.54) is 12.3 Å². The van der Waals surface area contributed by atoms with Gasteiger partial charge >= 0.3 is 12.1 Å². The van der Waals surface area contributed by atoms with Crippen molar-refractivity contribution in [2.45, 2.75) is 70.3 Å². The number of aromatic nitrogens is 5. The highest BCUT2D eigenvalue weighted by molar-refractivity contribution is 5.88. The van der Waals surface area contributed by atoms with E-state index >= 15 is 0 Å². The Morgan fingerprint density at radius 3 is 2.64 bits per heavy atom. The number of imidazole rings is 1. The van der Waals surface area contributed by atoms with Crippen molar-refractivity contribution >= 4 is 17.1 Å². The Bertz CT molecular complexity index is 1700. The van der Waals surface area contributed by atoms with Crippen LogP contribution in [0.2, 0.25) is 0 Å². The van der Waals surface area contributed by atoms with Crippen molar-refractivity contribution in [1.82, 2.24) is 29.4 Å². The van der Waals surface area contributed by atoms with Gasteiger partial charge in [0.1, 0.15) is 24.1 Å². The molecular weight excluding hydrogens is 600 g/mol. The number of nitrogens with zero attached hydrogens (tertiary/aromatic N) is 6. The Balaban J connectivity index is 1.07. The molecule has 6 rings (SSSR count). The highest BCUT2D eigenvalue weighted by Crippen LogP contribution is 2.32. The molecule has 3 atom stereocenters. The summed E-state index contributed by atoms with van der Waals surface area (Å²) >= 11 is 0. The first-order valence-corrected chi connectivity index (χ1v) is 14.5. The van der Waals surface area contributed by atoms with E-state index in [0.717, 1.165) is 24.4 Å². The molecule has 2 aliphatic heterocycles. The first-order valence-electron chi connectivity index (χ1n) is 14.5. The lowest BCUT2D eigenvalue weighted by Gasteiger charge is -2.37. The number of likely N-dealkylation sites (tertiary alicyclic amines) is 1. The molecule has 0 aliphatic carbocycles. The summed E-state index contributed by atoms with van der Waals surface area (Å²) < 4.78 is 71.6. The number of fused-ring (bicyclic) bond motifs is 1. The molecule has 4 aromatic rings. The molecule has 2 aliphatic rings. The quantitative estimate of drug-likeness (QED) is 0.243. The van der Waals surface area contributed by atoms with E-state index in [9.17, 15) is 27.5 Å². The van der Waals surface area contributed by atoms with E-state index in [1.54, 1.807) is 12.1 Å². The van der Waals surface area contributed by atoms with E-state index in [4.69, 9.17) is 19.2 Å². The molecule has 1 aromatic carbocycles. The molecule has 0 spiro atoms. The highest BCUT2D eigenvalue weighted by Gasteiger charge is 2.32. The van der Waals surface area contributed by atoms with E-state index in [-0.39, 0.29) is 42.1 Å². The van der Waals surface area contributed by atoms with Crippen molar-refractivity contribution in [3.8, 4) is 11.6 Å². The van der Waals surface area contributed by atoms with Crippen LogP contribution in [0.25, 0.3) is 11.2 Å². The molecule has 1 N–H and O–H groups in total. The zero-order valence-corrected chi connectivity index (χ0v) is 24.2. The Kier molecular flexibility index (Phi) is 8.55. The van der Waals surface area contributed by atoms with Crippen LogP contribution < -0.4 is 9.47 Å². The summed E-state index contributed by atoms with van der Waals surface area (Å²) in [7, 11) is 0. The molecule has 0 radical (unpaired) electrons. The van der Waals surface area contributed by atoms with Gasteiger partial charge in [0.05, 0.1) is 24.8 Å². The number of alkyl halides is 3. The van der Waals surface area contributed by atoms with Gasteiger partial charge in [-0.3, -0.25) is 4.90 Å². The van der Waals surface area contributed by atoms with Gasteiger partial charge in [-0.25, -0.2) is 24.1 Å². The minimum absolute atomic E-state index is 0.0325. The molecule has 2 saturated heterocycles. The highest BCUT2D eigenvalue weighted by atomic mass is 19.4. The predicted molar refractivity (Wildman–Crippen MR) is 150 cm³/mol. The molecule has 15 heteroatoms. The molecule has 3 aromatic heterocycles. The Hall–Kier alpha value is -4.37. The number of halogens is 4. The first kappa shape index (κ1) is 30.6. The molecule has 11 nitrogen and oxygen atoms in total. The number of hydrogen-bond acceptors (Lipinski definition) is 9. The monoisotopic (exact) mass is 630 g/mol. The second kappa shape index (κ2) is 12.6. The number of rotatable bonds is 10. The van der Waals surface area contributed by atoms with E-state index < -0.39 is 23.5 Å². The standard InChI is InChI=1S/C30H30F4N6O5/c1-17-12-19(45-27-6-9-35-25(38-27)16-44-24-5-2-18(13-21(24)31)30(32,33)34)7-10-39(17)15-26-36-22-3-4-23(29(41)42)37-28(22)40(26)14-20-8-11-43-20/h2-6,9,13,17,19-20H,7-8,10-12,14-16H2,1H3,(H,41,42)/t17-,19-,20-/m0/s1. The number of ether oxygens (including phenoxy) is 3. The fraction of sp³-hybridized carbons (Fsp3) is 0.433. The van der Waals surface area contributed by atoms with Gasteiger partial charge in [0.25, 0.3) is 0 Å². The second-order valence-corrected chi connectivity index (χ2v) is 11.1. The third kappa shape index (κ3) is 6.99. The average molecular weight is 631 g/mol. The van der Waals surface area contributed by atoms with Gasteiger partial charge in [-0.15, -0.1) is 0 Å². The van der Waals surface area contributed by atoms with Crippen LogP contribution in [-0.4, -0.2) is 71.9 Å². The summed E-state index contributed by atoms with van der Waals surface area (Å²) in [5, 5.41) is 9.44. The third-order valence-electron chi connectivity index (χ3n) is 7.96. The van der Waals surface area contributed by atoms with E-state index in [1.807, 2.05) is 4.57 Å². The smallest absolute Gasteiger partial charge is 0.416 e. The van der Waals surface area contributed by atoms with Crippen LogP contribution in [0.15, 0.2) is 42.6 Å². The summed E-state index contributed by atoms with van der Waals surface area (Å²) in [6.45, 7) is 4.32. The van der Waals surface area contributed by atoms with Gasteiger partial charge in [0.15, 0.2) is 28.7 Å². The Morgan fingerprint density at radius 2 is 1.96 bits per heavy atom. The first-order chi connectivity index (χ1) is 21.5. The predicted octanol–water partition coefficient (Wildman–Crippen LogP) is 4.88. The summed E-state index contributed by atoms with van der Waals surface area (Å²) in [5.41, 5.74) is 0.00969. The molecule has 5 heterocycles. The van der Waals surface area contributed by atoms with Gasteiger partial charge in [-0.2, -0.15) is 18.2 Å².